The van der Waals surface area contributed by atoms with Gasteiger partial charge in [0.05, 0.1) is 22.5 Å². The molecule has 4 rings (SSSR count). The fourth-order valence-corrected chi connectivity index (χ4v) is 3.77. The average Bonchev–Trinajstić information content (AvgIpc) is 3.04. The molecule has 0 aliphatic rings. The molecule has 0 radical (unpaired) electrons. The van der Waals surface area contributed by atoms with Crippen LogP contribution in [-0.4, -0.2) is 25.5 Å². The first-order chi connectivity index (χ1) is 14.7. The van der Waals surface area contributed by atoms with Crippen LogP contribution in [0.5, 0.6) is 0 Å². The quantitative estimate of drug-likeness (QED) is 0.548. The molecule has 0 spiro atoms. The van der Waals surface area contributed by atoms with Gasteiger partial charge in [0, 0.05) is 5.69 Å². The van der Waals surface area contributed by atoms with Gasteiger partial charge >= 0.3 is 0 Å². The molecular formula is C23H22FN5O2. The Labute approximate surface area is 178 Å². The van der Waals surface area contributed by atoms with Gasteiger partial charge in [-0.2, -0.15) is 10.2 Å². The van der Waals surface area contributed by atoms with Crippen molar-refractivity contribution in [2.45, 2.75) is 34.2 Å². The molecule has 0 saturated heterocycles. The highest BCUT2D eigenvalue weighted by Gasteiger charge is 2.19. The van der Waals surface area contributed by atoms with Crippen molar-refractivity contribution in [3.05, 3.63) is 81.2 Å². The molecule has 0 bridgehead atoms. The van der Waals surface area contributed by atoms with E-state index >= 15 is 0 Å². The molecule has 31 heavy (non-hydrogen) atoms. The number of halogens is 1. The molecule has 2 aromatic carbocycles. The third-order valence-electron chi connectivity index (χ3n) is 5.17. The molecule has 0 atom stereocenters. The highest BCUT2D eigenvalue weighted by Crippen LogP contribution is 2.23. The largest absolute Gasteiger partial charge is 0.324 e. The summed E-state index contributed by atoms with van der Waals surface area (Å²) in [7, 11) is 0. The Balaban J connectivity index is 1.73. The maximum atomic E-state index is 13.3. The number of hydrogen-bond donors (Lipinski definition) is 1. The third-order valence-corrected chi connectivity index (χ3v) is 5.17. The van der Waals surface area contributed by atoms with Crippen LogP contribution in [0.25, 0.3) is 16.6 Å². The summed E-state index contributed by atoms with van der Waals surface area (Å²) in [6.45, 7) is 7.38. The van der Waals surface area contributed by atoms with E-state index in [4.69, 9.17) is 0 Å². The minimum Gasteiger partial charge on any atom is -0.324 e. The maximum Gasteiger partial charge on any atom is 0.295 e. The van der Waals surface area contributed by atoms with Crippen molar-refractivity contribution < 1.29 is 9.18 Å². The first-order valence-corrected chi connectivity index (χ1v) is 9.84. The van der Waals surface area contributed by atoms with E-state index in [1.165, 1.54) is 18.2 Å². The SMILES string of the molecule is Cc1ccc(-n2nc3c(=O)n(CC(=O)Nc4cccc(F)c4)nc(C)c3c2C)c(C)c1. The zero-order chi connectivity index (χ0) is 22.3. The zero-order valence-electron chi connectivity index (χ0n) is 17.7. The summed E-state index contributed by atoms with van der Waals surface area (Å²) in [5, 5.41) is 12.1. The van der Waals surface area contributed by atoms with E-state index in [-0.39, 0.29) is 12.1 Å². The van der Waals surface area contributed by atoms with Gasteiger partial charge in [0.1, 0.15) is 12.4 Å². The molecule has 0 aliphatic carbocycles. The van der Waals surface area contributed by atoms with Crippen LogP contribution in [0.2, 0.25) is 0 Å². The van der Waals surface area contributed by atoms with Crippen molar-refractivity contribution in [2.24, 2.45) is 0 Å². The van der Waals surface area contributed by atoms with Gasteiger partial charge in [0.25, 0.3) is 5.56 Å². The zero-order valence-corrected chi connectivity index (χ0v) is 17.7. The van der Waals surface area contributed by atoms with Gasteiger partial charge < -0.3 is 5.32 Å². The number of amides is 1. The predicted octanol–water partition coefficient (Wildman–Crippen LogP) is 3.59. The van der Waals surface area contributed by atoms with Gasteiger partial charge in [-0.1, -0.05) is 23.8 Å². The van der Waals surface area contributed by atoms with Crippen molar-refractivity contribution in [3.63, 3.8) is 0 Å². The van der Waals surface area contributed by atoms with Crippen LogP contribution >= 0.6 is 0 Å². The van der Waals surface area contributed by atoms with E-state index < -0.39 is 17.3 Å². The molecule has 158 valence electrons. The molecular weight excluding hydrogens is 397 g/mol. The number of hydrogen-bond acceptors (Lipinski definition) is 4. The van der Waals surface area contributed by atoms with Crippen LogP contribution in [0.4, 0.5) is 10.1 Å². The number of carbonyl (C=O) groups is 1. The van der Waals surface area contributed by atoms with Crippen molar-refractivity contribution in [2.75, 3.05) is 5.32 Å². The van der Waals surface area contributed by atoms with Crippen LogP contribution < -0.4 is 10.9 Å². The third kappa shape index (κ3) is 3.84. The van der Waals surface area contributed by atoms with Gasteiger partial charge in [0.2, 0.25) is 5.91 Å². The first kappa shape index (κ1) is 20.5. The molecule has 1 amide bonds. The molecule has 7 nitrogen and oxygen atoms in total. The van der Waals surface area contributed by atoms with E-state index in [1.54, 1.807) is 17.7 Å². The Morgan fingerprint density at radius 2 is 1.84 bits per heavy atom. The minimum atomic E-state index is -0.482. The van der Waals surface area contributed by atoms with Crippen LogP contribution in [0.15, 0.2) is 47.3 Å². The topological polar surface area (TPSA) is 81.8 Å². The number of aryl methyl sites for hydroxylation is 4. The van der Waals surface area contributed by atoms with Crippen molar-refractivity contribution in [1.29, 1.82) is 0 Å². The molecule has 0 aliphatic heterocycles. The van der Waals surface area contributed by atoms with Gasteiger partial charge in [-0.05, 0) is 57.5 Å². The van der Waals surface area contributed by atoms with E-state index in [2.05, 4.69) is 21.6 Å². The molecule has 0 saturated carbocycles. The lowest BCUT2D eigenvalue weighted by molar-refractivity contribution is -0.117. The number of carbonyl (C=O) groups excluding carboxylic acids is 1. The summed E-state index contributed by atoms with van der Waals surface area (Å²) < 4.78 is 16.2. The molecule has 4 aromatic rings. The number of nitrogens with zero attached hydrogens (tertiary/aromatic N) is 4. The fraction of sp³-hybridized carbons (Fsp3) is 0.217. The van der Waals surface area contributed by atoms with Crippen LogP contribution in [0.3, 0.4) is 0 Å². The van der Waals surface area contributed by atoms with Gasteiger partial charge in [-0.3, -0.25) is 9.59 Å². The standard InChI is InChI=1S/C23H22FN5O2/c1-13-8-9-19(14(2)10-13)29-16(4)21-15(3)26-28(23(31)22(21)27-29)12-20(30)25-18-7-5-6-17(24)11-18/h5-11H,12H2,1-4H3,(H,25,30). The smallest absolute Gasteiger partial charge is 0.295 e. The van der Waals surface area contributed by atoms with Crippen LogP contribution in [0, 0.1) is 33.5 Å². The lowest BCUT2D eigenvalue weighted by Gasteiger charge is -2.09. The Kier molecular flexibility index (Phi) is 5.14. The second-order valence-corrected chi connectivity index (χ2v) is 7.62. The second kappa shape index (κ2) is 7.79. The summed E-state index contributed by atoms with van der Waals surface area (Å²) in [6.07, 6.45) is 0. The van der Waals surface area contributed by atoms with E-state index in [0.717, 1.165) is 27.2 Å². The normalized spacial score (nSPS) is 11.1. The van der Waals surface area contributed by atoms with Crippen LogP contribution in [-0.2, 0) is 11.3 Å². The fourth-order valence-electron chi connectivity index (χ4n) is 3.77. The lowest BCUT2D eigenvalue weighted by Crippen LogP contribution is -2.30. The second-order valence-electron chi connectivity index (χ2n) is 7.62. The van der Waals surface area contributed by atoms with Gasteiger partial charge in [-0.15, -0.1) is 0 Å². The summed E-state index contributed by atoms with van der Waals surface area (Å²) in [4.78, 5) is 25.4. The van der Waals surface area contributed by atoms with Crippen molar-refractivity contribution in [3.8, 4) is 5.69 Å². The lowest BCUT2D eigenvalue weighted by atomic mass is 10.1. The van der Waals surface area contributed by atoms with Crippen LogP contribution in [0.1, 0.15) is 22.5 Å². The molecule has 0 unspecified atom stereocenters. The highest BCUT2D eigenvalue weighted by atomic mass is 19.1. The van der Waals surface area contributed by atoms with E-state index in [0.29, 0.717) is 16.8 Å². The molecule has 0 fully saturated rings. The summed E-state index contributed by atoms with van der Waals surface area (Å²) in [5.74, 6) is -0.942. The molecule has 8 heteroatoms. The number of anilines is 1. The number of fused-ring (bicyclic) bond motifs is 1. The number of aromatic nitrogens is 4. The Morgan fingerprint density at radius 3 is 2.55 bits per heavy atom. The maximum absolute atomic E-state index is 13.3. The molecule has 2 heterocycles. The number of nitrogens with one attached hydrogen (secondary N) is 1. The summed E-state index contributed by atoms with van der Waals surface area (Å²) >= 11 is 0. The predicted molar refractivity (Wildman–Crippen MR) is 117 cm³/mol. The van der Waals surface area contributed by atoms with E-state index in [1.807, 2.05) is 32.9 Å². The summed E-state index contributed by atoms with van der Waals surface area (Å²) in [5.41, 5.74) is 4.57. The minimum absolute atomic E-state index is 0.253. The van der Waals surface area contributed by atoms with Crippen molar-refractivity contribution in [1.82, 2.24) is 19.6 Å². The number of benzene rings is 2. The Bertz CT molecular complexity index is 1390. The van der Waals surface area contributed by atoms with Gasteiger partial charge in [-0.25, -0.2) is 13.8 Å². The van der Waals surface area contributed by atoms with Gasteiger partial charge in [0.15, 0.2) is 5.52 Å². The average molecular weight is 419 g/mol. The highest BCUT2D eigenvalue weighted by molar-refractivity contribution is 5.90. The van der Waals surface area contributed by atoms with Crippen molar-refractivity contribution >= 4 is 22.5 Å². The molecule has 2 aromatic heterocycles. The Morgan fingerprint density at radius 1 is 1.06 bits per heavy atom. The Hall–Kier alpha value is -3.81. The first-order valence-electron chi connectivity index (χ1n) is 9.84. The number of rotatable bonds is 4. The molecule has 1 N–H and O–H groups in total. The summed E-state index contributed by atoms with van der Waals surface area (Å²) in [6, 6.07) is 11.6. The monoisotopic (exact) mass is 419 g/mol. The van der Waals surface area contributed by atoms with E-state index in [9.17, 15) is 14.0 Å².